The number of nitrogens with zero attached hydrogens (tertiary/aromatic N) is 1. The summed E-state index contributed by atoms with van der Waals surface area (Å²) in [6.45, 7) is 1.18. The smallest absolute Gasteiger partial charge is 0.257 e. The summed E-state index contributed by atoms with van der Waals surface area (Å²) in [6, 6.07) is 4.54. The molecule has 2 nitrogen and oxygen atoms in total. The Kier molecular flexibility index (Phi) is 4.05. The summed E-state index contributed by atoms with van der Waals surface area (Å²) < 4.78 is 14.1. The largest absolute Gasteiger partial charge is 0.338 e. The van der Waals surface area contributed by atoms with Crippen molar-refractivity contribution in [1.82, 2.24) is 4.90 Å². The third-order valence-electron chi connectivity index (χ3n) is 2.89. The molecule has 1 aromatic rings. The highest BCUT2D eigenvalue weighted by Crippen LogP contribution is 2.24. The van der Waals surface area contributed by atoms with E-state index in [1.165, 1.54) is 6.07 Å². The van der Waals surface area contributed by atoms with E-state index >= 15 is 0 Å². The van der Waals surface area contributed by atoms with Gasteiger partial charge in [-0.3, -0.25) is 4.79 Å². The Bertz CT molecular complexity index is 412. The van der Waals surface area contributed by atoms with Crippen LogP contribution in [0.5, 0.6) is 0 Å². The molecular formula is C12H12BrClFNO. The van der Waals surface area contributed by atoms with E-state index in [1.807, 2.05) is 0 Å². The number of rotatable bonds is 1. The predicted molar refractivity (Wildman–Crippen MR) is 68.9 cm³/mol. The Morgan fingerprint density at radius 1 is 1.41 bits per heavy atom. The van der Waals surface area contributed by atoms with Gasteiger partial charge in [0.25, 0.3) is 5.91 Å². The van der Waals surface area contributed by atoms with Crippen molar-refractivity contribution < 1.29 is 9.18 Å². The molecule has 17 heavy (non-hydrogen) atoms. The second-order valence-corrected chi connectivity index (χ2v) is 5.54. The van der Waals surface area contributed by atoms with Gasteiger partial charge in [-0.1, -0.05) is 6.07 Å². The van der Waals surface area contributed by atoms with Crippen LogP contribution in [0, 0.1) is 5.82 Å². The second-order valence-electron chi connectivity index (χ2n) is 4.06. The Morgan fingerprint density at radius 2 is 2.06 bits per heavy atom. The van der Waals surface area contributed by atoms with E-state index in [0.29, 0.717) is 17.6 Å². The second kappa shape index (κ2) is 5.36. The van der Waals surface area contributed by atoms with Crippen LogP contribution in [0.3, 0.4) is 0 Å². The molecule has 0 saturated carbocycles. The number of carbonyl (C=O) groups is 1. The fourth-order valence-electron chi connectivity index (χ4n) is 1.91. The molecule has 1 saturated heterocycles. The van der Waals surface area contributed by atoms with Crippen LogP contribution >= 0.6 is 27.5 Å². The van der Waals surface area contributed by atoms with E-state index < -0.39 is 5.82 Å². The van der Waals surface area contributed by atoms with E-state index in [0.717, 1.165) is 12.8 Å². The Morgan fingerprint density at radius 3 is 2.65 bits per heavy atom. The van der Waals surface area contributed by atoms with Gasteiger partial charge in [-0.25, -0.2) is 4.39 Å². The number of halogens is 3. The van der Waals surface area contributed by atoms with Crippen LogP contribution in [0.2, 0.25) is 0 Å². The molecule has 0 aromatic heterocycles. The maximum atomic E-state index is 13.6. The quantitative estimate of drug-likeness (QED) is 0.726. The van der Waals surface area contributed by atoms with E-state index in [2.05, 4.69) is 15.9 Å². The van der Waals surface area contributed by atoms with Crippen LogP contribution < -0.4 is 0 Å². The van der Waals surface area contributed by atoms with Crippen molar-refractivity contribution >= 4 is 33.4 Å². The van der Waals surface area contributed by atoms with Crippen molar-refractivity contribution in [3.05, 3.63) is 34.1 Å². The SMILES string of the molecule is O=C(c1c(F)cccc1Br)N1CCC(Cl)CC1. The molecule has 92 valence electrons. The molecule has 1 aliphatic heterocycles. The zero-order valence-electron chi connectivity index (χ0n) is 9.13. The van der Waals surface area contributed by atoms with Crippen molar-refractivity contribution in [2.45, 2.75) is 18.2 Å². The minimum absolute atomic E-state index is 0.112. The third kappa shape index (κ3) is 2.80. The summed E-state index contributed by atoms with van der Waals surface area (Å²) in [5, 5.41) is 0.128. The van der Waals surface area contributed by atoms with Gasteiger partial charge in [0.05, 0.1) is 5.56 Å². The van der Waals surface area contributed by atoms with Gasteiger partial charge < -0.3 is 4.90 Å². The molecule has 1 fully saturated rings. The van der Waals surface area contributed by atoms with Gasteiger partial charge in [-0.2, -0.15) is 0 Å². The summed E-state index contributed by atoms with van der Waals surface area (Å²) in [6.07, 6.45) is 1.53. The maximum absolute atomic E-state index is 13.6. The molecule has 0 bridgehead atoms. The average molecular weight is 321 g/mol. The van der Waals surface area contributed by atoms with Crippen LogP contribution in [0.1, 0.15) is 23.2 Å². The molecule has 0 unspecified atom stereocenters. The van der Waals surface area contributed by atoms with Gasteiger partial charge in [0.1, 0.15) is 5.82 Å². The highest BCUT2D eigenvalue weighted by atomic mass is 79.9. The monoisotopic (exact) mass is 319 g/mol. The molecule has 2 rings (SSSR count). The van der Waals surface area contributed by atoms with Crippen molar-refractivity contribution in [3.63, 3.8) is 0 Å². The predicted octanol–water partition coefficient (Wildman–Crippen LogP) is 3.43. The number of alkyl halides is 1. The molecule has 1 amide bonds. The summed E-state index contributed by atoms with van der Waals surface area (Å²) in [5.74, 6) is -0.754. The van der Waals surface area contributed by atoms with Gasteiger partial charge in [0.2, 0.25) is 0 Å². The first-order chi connectivity index (χ1) is 8.09. The highest BCUT2D eigenvalue weighted by molar-refractivity contribution is 9.10. The van der Waals surface area contributed by atoms with Gasteiger partial charge in [-0.05, 0) is 40.9 Å². The minimum atomic E-state index is -0.489. The number of likely N-dealkylation sites (tertiary alicyclic amines) is 1. The molecule has 1 aliphatic rings. The molecular weight excluding hydrogens is 308 g/mol. The zero-order valence-corrected chi connectivity index (χ0v) is 11.5. The summed E-state index contributed by atoms with van der Waals surface area (Å²) in [4.78, 5) is 13.8. The molecule has 0 aliphatic carbocycles. The number of piperidine rings is 1. The fraction of sp³-hybridized carbons (Fsp3) is 0.417. The first-order valence-corrected chi connectivity index (χ1v) is 6.70. The van der Waals surface area contributed by atoms with E-state index in [-0.39, 0.29) is 16.8 Å². The molecule has 0 N–H and O–H groups in total. The van der Waals surface area contributed by atoms with E-state index in [1.54, 1.807) is 17.0 Å². The summed E-state index contributed by atoms with van der Waals surface area (Å²) in [5.41, 5.74) is 0.112. The van der Waals surface area contributed by atoms with Gasteiger partial charge in [-0.15, -0.1) is 11.6 Å². The molecule has 1 aromatic carbocycles. The van der Waals surface area contributed by atoms with Crippen molar-refractivity contribution in [1.29, 1.82) is 0 Å². The number of hydrogen-bond acceptors (Lipinski definition) is 1. The lowest BCUT2D eigenvalue weighted by molar-refractivity contribution is 0.0720. The number of benzene rings is 1. The van der Waals surface area contributed by atoms with Crippen molar-refractivity contribution in [2.75, 3.05) is 13.1 Å². The molecule has 0 radical (unpaired) electrons. The topological polar surface area (TPSA) is 20.3 Å². The van der Waals surface area contributed by atoms with E-state index in [9.17, 15) is 9.18 Å². The number of amides is 1. The van der Waals surface area contributed by atoms with Crippen molar-refractivity contribution in [3.8, 4) is 0 Å². The van der Waals surface area contributed by atoms with Gasteiger partial charge in [0, 0.05) is 22.9 Å². The average Bonchev–Trinajstić information content (AvgIpc) is 2.29. The summed E-state index contributed by atoms with van der Waals surface area (Å²) in [7, 11) is 0. The zero-order chi connectivity index (χ0) is 12.4. The van der Waals surface area contributed by atoms with Crippen LogP contribution in [-0.2, 0) is 0 Å². The molecule has 5 heteroatoms. The molecule has 0 spiro atoms. The van der Waals surface area contributed by atoms with Crippen LogP contribution in [0.15, 0.2) is 22.7 Å². The highest BCUT2D eigenvalue weighted by Gasteiger charge is 2.25. The van der Waals surface area contributed by atoms with Crippen LogP contribution in [-0.4, -0.2) is 29.3 Å². The molecule has 0 atom stereocenters. The fourth-order valence-corrected chi connectivity index (χ4v) is 2.62. The lowest BCUT2D eigenvalue weighted by atomic mass is 10.1. The first-order valence-electron chi connectivity index (χ1n) is 5.47. The lowest BCUT2D eigenvalue weighted by Gasteiger charge is -2.29. The Balaban J connectivity index is 2.20. The Hall–Kier alpha value is -0.610. The number of carbonyl (C=O) groups excluding carboxylic acids is 1. The van der Waals surface area contributed by atoms with Crippen LogP contribution in [0.25, 0.3) is 0 Å². The van der Waals surface area contributed by atoms with Crippen LogP contribution in [0.4, 0.5) is 4.39 Å². The normalized spacial score (nSPS) is 17.2. The van der Waals surface area contributed by atoms with Gasteiger partial charge >= 0.3 is 0 Å². The minimum Gasteiger partial charge on any atom is -0.338 e. The maximum Gasteiger partial charge on any atom is 0.257 e. The standard InChI is InChI=1S/C12H12BrClFNO/c13-9-2-1-3-10(15)11(9)12(17)16-6-4-8(14)5-7-16/h1-3,8H,4-7H2. The molecule has 1 heterocycles. The Labute approximate surface area is 113 Å². The lowest BCUT2D eigenvalue weighted by Crippen LogP contribution is -2.39. The first kappa shape index (κ1) is 12.8. The van der Waals surface area contributed by atoms with Gasteiger partial charge in [0.15, 0.2) is 0 Å². The summed E-state index contributed by atoms with van der Waals surface area (Å²) >= 11 is 9.19. The third-order valence-corrected chi connectivity index (χ3v) is 3.99. The van der Waals surface area contributed by atoms with E-state index in [4.69, 9.17) is 11.6 Å². The van der Waals surface area contributed by atoms with Crippen molar-refractivity contribution in [2.24, 2.45) is 0 Å². The number of hydrogen-bond donors (Lipinski definition) is 0.